The Morgan fingerprint density at radius 3 is 2.46 bits per heavy atom. The van der Waals surface area contributed by atoms with Gasteiger partial charge in [0, 0.05) is 12.0 Å². The lowest BCUT2D eigenvalue weighted by molar-refractivity contribution is -0.152. The highest BCUT2D eigenvalue weighted by Crippen LogP contribution is 2.26. The van der Waals surface area contributed by atoms with Gasteiger partial charge in [0.25, 0.3) is 5.91 Å². The van der Waals surface area contributed by atoms with Crippen molar-refractivity contribution in [2.75, 3.05) is 0 Å². The van der Waals surface area contributed by atoms with Crippen LogP contribution in [0.5, 0.6) is 0 Å². The maximum Gasteiger partial charge on any atom is 0.418 e. The summed E-state index contributed by atoms with van der Waals surface area (Å²) in [4.78, 5) is 37.5. The molecule has 0 radical (unpaired) electrons. The Morgan fingerprint density at radius 1 is 1.25 bits per heavy atom. The summed E-state index contributed by atoms with van der Waals surface area (Å²) in [6, 6.07) is 8.11. The van der Waals surface area contributed by atoms with Crippen LogP contribution in [0.15, 0.2) is 42.5 Å². The number of ether oxygens (including phenoxy) is 2. The lowest BCUT2D eigenvalue weighted by atomic mass is 10.2. The van der Waals surface area contributed by atoms with Crippen molar-refractivity contribution in [3.8, 4) is 0 Å². The van der Waals surface area contributed by atoms with Crippen LogP contribution in [-0.4, -0.2) is 34.5 Å². The van der Waals surface area contributed by atoms with Crippen molar-refractivity contribution >= 4 is 18.0 Å². The second-order valence-corrected chi connectivity index (χ2v) is 6.57. The topological polar surface area (TPSA) is 72.9 Å². The molecule has 1 aliphatic rings. The predicted molar refractivity (Wildman–Crippen MR) is 86.9 cm³/mol. The number of carbonyl (C=O) groups is 3. The number of likely N-dealkylation sites (tertiary alicyclic amines) is 1. The van der Waals surface area contributed by atoms with Crippen LogP contribution < -0.4 is 0 Å². The number of esters is 1. The summed E-state index contributed by atoms with van der Waals surface area (Å²) in [6.45, 7) is 8.73. The fraction of sp³-hybridized carbons (Fsp3) is 0.389. The highest BCUT2D eigenvalue weighted by molar-refractivity contribution is 6.08. The summed E-state index contributed by atoms with van der Waals surface area (Å²) in [5.41, 5.74) is 0.222. The average Bonchev–Trinajstić information content (AvgIpc) is 2.80. The van der Waals surface area contributed by atoms with Crippen molar-refractivity contribution in [2.45, 2.75) is 45.4 Å². The Kier molecular flexibility index (Phi) is 5.07. The molecule has 0 aromatic heterocycles. The first kappa shape index (κ1) is 17.7. The average molecular weight is 331 g/mol. The maximum absolute atomic E-state index is 12.3. The van der Waals surface area contributed by atoms with Gasteiger partial charge in [-0.05, 0) is 26.3 Å². The minimum Gasteiger partial charge on any atom is -0.459 e. The quantitative estimate of drug-likeness (QED) is 0.629. The van der Waals surface area contributed by atoms with Gasteiger partial charge >= 0.3 is 12.1 Å². The minimum atomic E-state index is -1.04. The number of carbonyl (C=O) groups excluding carboxylic acids is 3. The van der Waals surface area contributed by atoms with E-state index in [1.807, 2.05) is 30.3 Å². The Bertz CT molecular complexity index is 660. The summed E-state index contributed by atoms with van der Waals surface area (Å²) >= 11 is 0. The van der Waals surface area contributed by atoms with E-state index in [0.717, 1.165) is 10.5 Å². The molecular formula is C18H21NO5. The normalized spacial score (nSPS) is 17.8. The van der Waals surface area contributed by atoms with Gasteiger partial charge in [-0.2, -0.15) is 0 Å². The Hall–Kier alpha value is -2.63. The van der Waals surface area contributed by atoms with E-state index < -0.39 is 29.6 Å². The van der Waals surface area contributed by atoms with Gasteiger partial charge in [0.2, 0.25) is 0 Å². The molecule has 128 valence electrons. The molecule has 1 saturated heterocycles. The highest BCUT2D eigenvalue weighted by atomic mass is 16.6. The van der Waals surface area contributed by atoms with Gasteiger partial charge in [-0.1, -0.05) is 36.9 Å². The summed E-state index contributed by atoms with van der Waals surface area (Å²) < 4.78 is 10.4. The first-order chi connectivity index (χ1) is 11.2. The monoisotopic (exact) mass is 331 g/mol. The fourth-order valence-electron chi connectivity index (χ4n) is 2.26. The lowest BCUT2D eigenvalue weighted by Gasteiger charge is -2.26. The zero-order chi connectivity index (χ0) is 17.9. The summed E-state index contributed by atoms with van der Waals surface area (Å²) in [7, 11) is 0. The van der Waals surface area contributed by atoms with Crippen LogP contribution in [0.3, 0.4) is 0 Å². The molecule has 1 aromatic rings. The first-order valence-corrected chi connectivity index (χ1v) is 7.64. The molecule has 1 aromatic carbocycles. The van der Waals surface area contributed by atoms with Crippen LogP contribution in [0.25, 0.3) is 0 Å². The molecule has 0 N–H and O–H groups in total. The van der Waals surface area contributed by atoms with Crippen LogP contribution >= 0.6 is 0 Å². The van der Waals surface area contributed by atoms with Crippen LogP contribution in [0, 0.1) is 0 Å². The van der Waals surface area contributed by atoms with Crippen molar-refractivity contribution in [3.05, 3.63) is 48.0 Å². The van der Waals surface area contributed by atoms with Crippen molar-refractivity contribution in [1.82, 2.24) is 4.90 Å². The SMILES string of the molecule is C=C1C[C@@H](C(=O)OCc2ccccc2)N(C(=O)OC(C)(C)C)C1=O. The van der Waals surface area contributed by atoms with Gasteiger partial charge < -0.3 is 9.47 Å². The van der Waals surface area contributed by atoms with Gasteiger partial charge in [0.05, 0.1) is 0 Å². The number of nitrogens with zero attached hydrogens (tertiary/aromatic N) is 1. The highest BCUT2D eigenvalue weighted by Gasteiger charge is 2.45. The smallest absolute Gasteiger partial charge is 0.418 e. The van der Waals surface area contributed by atoms with Crippen molar-refractivity contribution in [2.24, 2.45) is 0 Å². The largest absolute Gasteiger partial charge is 0.459 e. The number of rotatable bonds is 3. The fourth-order valence-corrected chi connectivity index (χ4v) is 2.26. The summed E-state index contributed by atoms with van der Waals surface area (Å²) in [6.07, 6.45) is -0.820. The number of hydrogen-bond acceptors (Lipinski definition) is 5. The molecule has 2 rings (SSSR count). The Morgan fingerprint density at radius 2 is 1.88 bits per heavy atom. The van der Waals surface area contributed by atoms with Gasteiger partial charge in [-0.15, -0.1) is 0 Å². The van der Waals surface area contributed by atoms with Crippen LogP contribution in [0.2, 0.25) is 0 Å². The van der Waals surface area contributed by atoms with Gasteiger partial charge in [0.15, 0.2) is 0 Å². The lowest BCUT2D eigenvalue weighted by Crippen LogP contribution is -2.46. The third kappa shape index (κ3) is 4.22. The second-order valence-electron chi connectivity index (χ2n) is 6.57. The zero-order valence-electron chi connectivity index (χ0n) is 14.1. The van der Waals surface area contributed by atoms with E-state index in [1.54, 1.807) is 20.8 Å². The molecule has 24 heavy (non-hydrogen) atoms. The van der Waals surface area contributed by atoms with Crippen LogP contribution in [0.4, 0.5) is 4.79 Å². The molecular weight excluding hydrogens is 310 g/mol. The minimum absolute atomic E-state index is 0.0473. The first-order valence-electron chi connectivity index (χ1n) is 7.64. The second kappa shape index (κ2) is 6.86. The third-order valence-electron chi connectivity index (χ3n) is 3.36. The summed E-state index contributed by atoms with van der Waals surface area (Å²) in [5, 5.41) is 0. The van der Waals surface area contributed by atoms with Crippen molar-refractivity contribution < 1.29 is 23.9 Å². The molecule has 0 saturated carbocycles. The number of benzene rings is 1. The third-order valence-corrected chi connectivity index (χ3v) is 3.36. The van der Waals surface area contributed by atoms with E-state index in [2.05, 4.69) is 6.58 Å². The molecule has 0 bridgehead atoms. The van der Waals surface area contributed by atoms with E-state index in [1.165, 1.54) is 0 Å². The molecule has 1 fully saturated rings. The standard InChI is InChI=1S/C18H21NO5/c1-12-10-14(16(21)23-11-13-8-6-5-7-9-13)19(15(12)20)17(22)24-18(2,3)4/h5-9,14H,1,10-11H2,2-4H3/t14-/m0/s1. The summed E-state index contributed by atoms with van der Waals surface area (Å²) in [5.74, 6) is -1.26. The van der Waals surface area contributed by atoms with E-state index in [9.17, 15) is 14.4 Å². The van der Waals surface area contributed by atoms with E-state index >= 15 is 0 Å². The van der Waals surface area contributed by atoms with Crippen molar-refractivity contribution in [1.29, 1.82) is 0 Å². The van der Waals surface area contributed by atoms with Gasteiger partial charge in [0.1, 0.15) is 18.2 Å². The molecule has 6 heteroatoms. The number of hydrogen-bond donors (Lipinski definition) is 0. The maximum atomic E-state index is 12.3. The zero-order valence-corrected chi connectivity index (χ0v) is 14.1. The molecule has 1 aliphatic heterocycles. The molecule has 1 heterocycles. The van der Waals surface area contributed by atoms with Crippen LogP contribution in [0.1, 0.15) is 32.8 Å². The molecule has 6 nitrogen and oxygen atoms in total. The Labute approximate surface area is 141 Å². The van der Waals surface area contributed by atoms with E-state index in [-0.39, 0.29) is 18.6 Å². The molecule has 0 unspecified atom stereocenters. The number of amides is 2. The molecule has 1 atom stereocenters. The van der Waals surface area contributed by atoms with E-state index in [4.69, 9.17) is 9.47 Å². The predicted octanol–water partition coefficient (Wildman–Crippen LogP) is 2.82. The van der Waals surface area contributed by atoms with E-state index in [0.29, 0.717) is 0 Å². The van der Waals surface area contributed by atoms with Crippen LogP contribution in [-0.2, 0) is 25.7 Å². The Balaban J connectivity index is 2.08. The van der Waals surface area contributed by atoms with Gasteiger partial charge in [-0.3, -0.25) is 4.79 Å². The van der Waals surface area contributed by atoms with Gasteiger partial charge in [-0.25, -0.2) is 14.5 Å². The number of imide groups is 1. The molecule has 2 amide bonds. The molecule has 0 spiro atoms. The van der Waals surface area contributed by atoms with Crippen molar-refractivity contribution in [3.63, 3.8) is 0 Å². The molecule has 0 aliphatic carbocycles.